The van der Waals surface area contributed by atoms with Crippen LogP contribution in [0.4, 0.5) is 9.59 Å². The second-order valence-electron chi connectivity index (χ2n) is 9.18. The largest absolute Gasteiger partial charge is 0.444 e. The van der Waals surface area contributed by atoms with E-state index in [4.69, 9.17) is 9.47 Å². The second kappa shape index (κ2) is 6.67. The smallest absolute Gasteiger partial charge is 0.410 e. The Morgan fingerprint density at radius 2 is 1.28 bits per heavy atom. The van der Waals surface area contributed by atoms with Gasteiger partial charge in [0.05, 0.1) is 13.1 Å². The molecule has 2 aliphatic heterocycles. The molecular weight excluding hydrogens is 324 g/mol. The minimum absolute atomic E-state index is 0.0740. The predicted octanol–water partition coefficient (Wildman–Crippen LogP) is 2.62. The zero-order chi connectivity index (χ0) is 19.0. The Morgan fingerprint density at radius 1 is 0.880 bits per heavy atom. The summed E-state index contributed by atoms with van der Waals surface area (Å²) in [5.74, 6) is 0.0740. The molecule has 0 bridgehead atoms. The first kappa shape index (κ1) is 19.8. The van der Waals surface area contributed by atoms with Gasteiger partial charge in [-0.25, -0.2) is 9.59 Å². The van der Waals surface area contributed by atoms with E-state index in [1.807, 2.05) is 41.5 Å². The maximum atomic E-state index is 12.1. The molecule has 2 saturated heterocycles. The van der Waals surface area contributed by atoms with E-state index >= 15 is 0 Å². The third kappa shape index (κ3) is 5.23. The number of ether oxygens (including phenoxy) is 2. The quantitative estimate of drug-likeness (QED) is 0.781. The van der Waals surface area contributed by atoms with E-state index in [0.29, 0.717) is 39.0 Å². The van der Waals surface area contributed by atoms with Crippen LogP contribution in [0.1, 0.15) is 54.4 Å². The molecule has 2 heterocycles. The summed E-state index contributed by atoms with van der Waals surface area (Å²) in [5, 5.41) is 10.8. The number of piperidine rings is 1. The lowest BCUT2D eigenvalue weighted by atomic mass is 9.75. The predicted molar refractivity (Wildman–Crippen MR) is 93.3 cm³/mol. The first-order valence-electron chi connectivity index (χ1n) is 8.97. The summed E-state index contributed by atoms with van der Waals surface area (Å²) < 4.78 is 10.7. The molecule has 7 heteroatoms. The number of amides is 2. The number of carbonyl (C=O) groups excluding carboxylic acids is 2. The lowest BCUT2D eigenvalue weighted by Crippen LogP contribution is -2.68. The lowest BCUT2D eigenvalue weighted by Gasteiger charge is -2.52. The Balaban J connectivity index is 1.80. The standard InChI is InChI=1S/C18H32N2O5/c1-16(2,3)24-14(21)19-9-7-13(8-10-19)18(23)11-20(12-18)15(22)25-17(4,5)6/h13,23H,7-12H2,1-6H3. The third-order valence-corrected chi connectivity index (χ3v) is 4.49. The van der Waals surface area contributed by atoms with Gasteiger partial charge < -0.3 is 24.4 Å². The van der Waals surface area contributed by atoms with Gasteiger partial charge in [0.1, 0.15) is 16.8 Å². The SMILES string of the molecule is CC(C)(C)OC(=O)N1CCC(C2(O)CN(C(=O)OC(C)(C)C)C2)CC1. The van der Waals surface area contributed by atoms with Crippen LogP contribution in [0.2, 0.25) is 0 Å². The molecular formula is C18H32N2O5. The summed E-state index contributed by atoms with van der Waals surface area (Å²) in [6, 6.07) is 0. The van der Waals surface area contributed by atoms with Crippen LogP contribution >= 0.6 is 0 Å². The fraction of sp³-hybridized carbons (Fsp3) is 0.889. The van der Waals surface area contributed by atoms with Crippen molar-refractivity contribution < 1.29 is 24.2 Å². The molecule has 1 N–H and O–H groups in total. The highest BCUT2D eigenvalue weighted by molar-refractivity contribution is 5.70. The van der Waals surface area contributed by atoms with Crippen LogP contribution in [0.15, 0.2) is 0 Å². The van der Waals surface area contributed by atoms with Crippen LogP contribution in [0.3, 0.4) is 0 Å². The fourth-order valence-corrected chi connectivity index (χ4v) is 3.25. The number of likely N-dealkylation sites (tertiary alicyclic amines) is 2. The van der Waals surface area contributed by atoms with Gasteiger partial charge in [-0.2, -0.15) is 0 Å². The van der Waals surface area contributed by atoms with Gasteiger partial charge in [0.15, 0.2) is 0 Å². The van der Waals surface area contributed by atoms with Gasteiger partial charge in [-0.05, 0) is 60.3 Å². The molecule has 0 radical (unpaired) electrons. The molecule has 2 fully saturated rings. The Labute approximate surface area is 150 Å². The summed E-state index contributed by atoms with van der Waals surface area (Å²) in [5.41, 5.74) is -1.92. The number of nitrogens with zero attached hydrogens (tertiary/aromatic N) is 2. The van der Waals surface area contributed by atoms with Crippen molar-refractivity contribution in [1.82, 2.24) is 9.80 Å². The van der Waals surface area contributed by atoms with Crippen LogP contribution < -0.4 is 0 Å². The maximum Gasteiger partial charge on any atom is 0.410 e. The number of hydrogen-bond acceptors (Lipinski definition) is 5. The molecule has 2 amide bonds. The highest BCUT2D eigenvalue weighted by Gasteiger charge is 2.51. The number of aliphatic hydroxyl groups is 1. The van der Waals surface area contributed by atoms with Gasteiger partial charge in [0, 0.05) is 13.1 Å². The van der Waals surface area contributed by atoms with Crippen molar-refractivity contribution >= 4 is 12.2 Å². The van der Waals surface area contributed by atoms with E-state index < -0.39 is 16.8 Å². The molecule has 0 aromatic heterocycles. The van der Waals surface area contributed by atoms with Gasteiger partial charge >= 0.3 is 12.2 Å². The number of rotatable bonds is 1. The molecule has 7 nitrogen and oxygen atoms in total. The van der Waals surface area contributed by atoms with Gasteiger partial charge in [-0.3, -0.25) is 0 Å². The van der Waals surface area contributed by atoms with E-state index in [-0.39, 0.29) is 18.1 Å². The molecule has 0 unspecified atom stereocenters. The summed E-state index contributed by atoms with van der Waals surface area (Å²) >= 11 is 0. The summed E-state index contributed by atoms with van der Waals surface area (Å²) in [6.07, 6.45) is 0.723. The fourth-order valence-electron chi connectivity index (χ4n) is 3.25. The van der Waals surface area contributed by atoms with Crippen LogP contribution in [0.25, 0.3) is 0 Å². The summed E-state index contributed by atoms with van der Waals surface area (Å²) in [6.45, 7) is 12.7. The van der Waals surface area contributed by atoms with Gasteiger partial charge in [-0.1, -0.05) is 0 Å². The minimum Gasteiger partial charge on any atom is -0.444 e. The molecule has 144 valence electrons. The van der Waals surface area contributed by atoms with E-state index in [1.165, 1.54) is 4.90 Å². The minimum atomic E-state index is -0.878. The van der Waals surface area contributed by atoms with E-state index in [9.17, 15) is 14.7 Å². The van der Waals surface area contributed by atoms with Crippen LogP contribution in [-0.4, -0.2) is 70.1 Å². The first-order valence-corrected chi connectivity index (χ1v) is 8.97. The molecule has 0 spiro atoms. The Bertz CT molecular complexity index is 507. The number of β-amino-alcohol motifs (C(OH)–C–C–N with tert-alkyl or cyclic N) is 1. The summed E-state index contributed by atoms with van der Waals surface area (Å²) in [7, 11) is 0. The Hall–Kier alpha value is -1.50. The lowest BCUT2D eigenvalue weighted by molar-refractivity contribution is -0.141. The van der Waals surface area contributed by atoms with Gasteiger partial charge in [0.25, 0.3) is 0 Å². The molecule has 0 aliphatic carbocycles. The maximum absolute atomic E-state index is 12.1. The summed E-state index contributed by atoms with van der Waals surface area (Å²) in [4.78, 5) is 27.3. The van der Waals surface area contributed by atoms with E-state index in [1.54, 1.807) is 4.90 Å². The van der Waals surface area contributed by atoms with Crippen molar-refractivity contribution in [3.05, 3.63) is 0 Å². The molecule has 2 aliphatic rings. The normalized spacial score (nSPS) is 21.6. The zero-order valence-corrected chi connectivity index (χ0v) is 16.3. The van der Waals surface area contributed by atoms with E-state index in [0.717, 1.165) is 0 Å². The number of hydrogen-bond donors (Lipinski definition) is 1. The molecule has 0 aromatic carbocycles. The molecule has 0 atom stereocenters. The van der Waals surface area contributed by atoms with Gasteiger partial charge in [0.2, 0.25) is 0 Å². The van der Waals surface area contributed by atoms with Crippen molar-refractivity contribution in [2.75, 3.05) is 26.2 Å². The van der Waals surface area contributed by atoms with Crippen LogP contribution in [-0.2, 0) is 9.47 Å². The Morgan fingerprint density at radius 3 is 1.68 bits per heavy atom. The highest BCUT2D eigenvalue weighted by Crippen LogP contribution is 2.36. The topological polar surface area (TPSA) is 79.3 Å². The van der Waals surface area contributed by atoms with Crippen LogP contribution in [0, 0.1) is 5.92 Å². The molecule has 0 aromatic rings. The molecule has 2 rings (SSSR count). The monoisotopic (exact) mass is 356 g/mol. The molecule has 0 saturated carbocycles. The third-order valence-electron chi connectivity index (χ3n) is 4.49. The average Bonchev–Trinajstić information content (AvgIpc) is 2.40. The van der Waals surface area contributed by atoms with Crippen molar-refractivity contribution in [1.29, 1.82) is 0 Å². The van der Waals surface area contributed by atoms with Crippen molar-refractivity contribution in [2.24, 2.45) is 5.92 Å². The number of carbonyl (C=O) groups is 2. The molecule has 25 heavy (non-hydrogen) atoms. The van der Waals surface area contributed by atoms with Crippen molar-refractivity contribution in [3.8, 4) is 0 Å². The van der Waals surface area contributed by atoms with Crippen molar-refractivity contribution in [3.63, 3.8) is 0 Å². The highest BCUT2D eigenvalue weighted by atomic mass is 16.6. The van der Waals surface area contributed by atoms with Crippen molar-refractivity contribution in [2.45, 2.75) is 71.2 Å². The van der Waals surface area contributed by atoms with Crippen LogP contribution in [0.5, 0.6) is 0 Å². The average molecular weight is 356 g/mol. The second-order valence-corrected chi connectivity index (χ2v) is 9.18. The first-order chi connectivity index (χ1) is 11.3. The van der Waals surface area contributed by atoms with Gasteiger partial charge in [-0.15, -0.1) is 0 Å². The van der Waals surface area contributed by atoms with E-state index in [2.05, 4.69) is 0 Å². The zero-order valence-electron chi connectivity index (χ0n) is 16.3. The Kier molecular flexibility index (Phi) is 5.28.